The Kier molecular flexibility index (Phi) is 6.90. The molecule has 22 heavy (non-hydrogen) atoms. The largest absolute Gasteiger partial charge is 0.475 e. The summed E-state index contributed by atoms with van der Waals surface area (Å²) in [5.74, 6) is -0.297. The lowest BCUT2D eigenvalue weighted by molar-refractivity contribution is -0.139. The number of nitrogens with one attached hydrogen (secondary N) is 1. The van der Waals surface area contributed by atoms with Gasteiger partial charge in [0.2, 0.25) is 5.88 Å². The third-order valence-electron chi connectivity index (χ3n) is 2.50. The van der Waals surface area contributed by atoms with E-state index >= 15 is 0 Å². The van der Waals surface area contributed by atoms with Crippen molar-refractivity contribution in [2.75, 3.05) is 26.9 Å². The summed E-state index contributed by atoms with van der Waals surface area (Å²) in [4.78, 5) is 7.53. The molecule has 0 aliphatic heterocycles. The minimum absolute atomic E-state index is 0.0257. The van der Waals surface area contributed by atoms with Gasteiger partial charge in [-0.15, -0.1) is 0 Å². The van der Waals surface area contributed by atoms with E-state index < -0.39 is 17.6 Å². The molecule has 0 fully saturated rings. The zero-order chi connectivity index (χ0) is 16.6. The zero-order valence-electron chi connectivity index (χ0n) is 12.4. The molecule has 0 bridgehead atoms. The van der Waals surface area contributed by atoms with Gasteiger partial charge in [0, 0.05) is 19.3 Å². The second-order valence-corrected chi connectivity index (χ2v) is 4.47. The van der Waals surface area contributed by atoms with Crippen LogP contribution >= 0.6 is 0 Å². The summed E-state index contributed by atoms with van der Waals surface area (Å²) in [5, 5.41) is 2.87. The fourth-order valence-electron chi connectivity index (χ4n) is 1.62. The molecule has 0 aliphatic rings. The first-order valence-corrected chi connectivity index (χ1v) is 6.55. The highest BCUT2D eigenvalue weighted by Crippen LogP contribution is 2.34. The number of hydrogen-bond acceptors (Lipinski definition) is 4. The van der Waals surface area contributed by atoms with Crippen molar-refractivity contribution in [1.82, 2.24) is 10.3 Å². The Bertz CT molecular complexity index is 494. The van der Waals surface area contributed by atoms with Crippen LogP contribution in [0.1, 0.15) is 12.5 Å². The Morgan fingerprint density at radius 2 is 2.23 bits per heavy atom. The summed E-state index contributed by atoms with van der Waals surface area (Å²) in [6, 6.07) is 2.09. The first-order valence-electron chi connectivity index (χ1n) is 6.55. The molecule has 1 rings (SSSR count). The number of hydrogen-bond donors (Lipinski definition) is 2. The van der Waals surface area contributed by atoms with E-state index in [1.165, 1.54) is 12.3 Å². The van der Waals surface area contributed by atoms with Gasteiger partial charge in [0.1, 0.15) is 12.2 Å². The lowest BCUT2D eigenvalue weighted by atomic mass is 10.2. The second-order valence-electron chi connectivity index (χ2n) is 4.47. The van der Waals surface area contributed by atoms with Gasteiger partial charge in [0.05, 0.1) is 13.2 Å². The molecule has 1 unspecified atom stereocenters. The molecule has 1 heterocycles. The molecule has 0 radical (unpaired) electrons. The quantitative estimate of drug-likeness (QED) is 0.451. The summed E-state index contributed by atoms with van der Waals surface area (Å²) >= 11 is 0. The fourth-order valence-corrected chi connectivity index (χ4v) is 1.62. The van der Waals surface area contributed by atoms with Crippen molar-refractivity contribution in [3.63, 3.8) is 0 Å². The number of alkyl halides is 3. The number of ether oxygens (including phenoxy) is 2. The molecular formula is C13H19F3N4O2. The van der Waals surface area contributed by atoms with E-state index in [1.54, 1.807) is 7.11 Å². The van der Waals surface area contributed by atoms with E-state index in [0.717, 1.165) is 6.07 Å². The number of nitrogens with zero attached hydrogens (tertiary/aromatic N) is 2. The standard InChI is InChI=1S/C13H19F3N4O2/c1-9(8-21-2)20-12(17)19-6-7-22-11-10(13(14,15)16)4-3-5-18-11/h3-5,9H,6-8H2,1-2H3,(H3,17,19,20). The molecule has 1 aromatic heterocycles. The lowest BCUT2D eigenvalue weighted by Gasteiger charge is -2.13. The number of pyridine rings is 1. The van der Waals surface area contributed by atoms with E-state index in [9.17, 15) is 13.2 Å². The van der Waals surface area contributed by atoms with Crippen LogP contribution in [0.25, 0.3) is 0 Å². The number of guanidine groups is 1. The molecular weight excluding hydrogens is 301 g/mol. The highest BCUT2D eigenvalue weighted by atomic mass is 19.4. The topological polar surface area (TPSA) is 81.8 Å². The van der Waals surface area contributed by atoms with Crippen molar-refractivity contribution < 1.29 is 22.6 Å². The molecule has 3 N–H and O–H groups in total. The van der Waals surface area contributed by atoms with Crippen LogP contribution in [0.2, 0.25) is 0 Å². The highest BCUT2D eigenvalue weighted by molar-refractivity contribution is 5.78. The number of nitrogens with two attached hydrogens (primary N) is 1. The van der Waals surface area contributed by atoms with Gasteiger partial charge >= 0.3 is 6.18 Å². The van der Waals surface area contributed by atoms with Crippen LogP contribution in [0.3, 0.4) is 0 Å². The summed E-state index contributed by atoms with van der Waals surface area (Å²) < 4.78 is 48.1. The van der Waals surface area contributed by atoms with Crippen LogP contribution < -0.4 is 15.8 Å². The fraction of sp³-hybridized carbons (Fsp3) is 0.538. The number of halogens is 3. The van der Waals surface area contributed by atoms with Crippen LogP contribution in [-0.4, -0.2) is 43.9 Å². The van der Waals surface area contributed by atoms with Crippen LogP contribution in [-0.2, 0) is 10.9 Å². The molecule has 0 amide bonds. The molecule has 0 spiro atoms. The van der Waals surface area contributed by atoms with E-state index in [0.29, 0.717) is 6.61 Å². The molecule has 0 aromatic carbocycles. The Balaban J connectivity index is 2.48. The number of methoxy groups -OCH3 is 1. The predicted molar refractivity (Wildman–Crippen MR) is 75.7 cm³/mol. The van der Waals surface area contributed by atoms with Crippen LogP contribution in [0.4, 0.5) is 13.2 Å². The van der Waals surface area contributed by atoms with Crippen molar-refractivity contribution in [1.29, 1.82) is 0 Å². The monoisotopic (exact) mass is 320 g/mol. The normalized spacial score (nSPS) is 13.8. The number of aromatic nitrogens is 1. The van der Waals surface area contributed by atoms with Crippen molar-refractivity contribution in [3.8, 4) is 5.88 Å². The predicted octanol–water partition coefficient (Wildman–Crippen LogP) is 1.42. The first kappa shape index (κ1) is 18.0. The van der Waals surface area contributed by atoms with Gasteiger partial charge in [-0.1, -0.05) is 0 Å². The third kappa shape index (κ3) is 6.17. The average molecular weight is 320 g/mol. The van der Waals surface area contributed by atoms with E-state index in [-0.39, 0.29) is 25.2 Å². The Labute approximate surface area is 126 Å². The average Bonchev–Trinajstić information content (AvgIpc) is 2.43. The van der Waals surface area contributed by atoms with Crippen molar-refractivity contribution >= 4 is 5.96 Å². The van der Waals surface area contributed by atoms with Gasteiger partial charge < -0.3 is 20.5 Å². The maximum Gasteiger partial charge on any atom is 0.421 e. The van der Waals surface area contributed by atoms with Gasteiger partial charge in [-0.3, -0.25) is 0 Å². The van der Waals surface area contributed by atoms with E-state index in [4.69, 9.17) is 15.2 Å². The Morgan fingerprint density at radius 3 is 2.86 bits per heavy atom. The minimum atomic E-state index is -4.51. The summed E-state index contributed by atoms with van der Waals surface area (Å²) in [6.45, 7) is 2.34. The molecule has 6 nitrogen and oxygen atoms in total. The van der Waals surface area contributed by atoms with Crippen molar-refractivity contribution in [2.24, 2.45) is 10.7 Å². The summed E-state index contributed by atoms with van der Waals surface area (Å²) in [6.07, 6.45) is -3.28. The summed E-state index contributed by atoms with van der Waals surface area (Å²) in [5.41, 5.74) is 4.70. The van der Waals surface area contributed by atoms with Gasteiger partial charge in [0.15, 0.2) is 5.96 Å². The zero-order valence-corrected chi connectivity index (χ0v) is 12.4. The van der Waals surface area contributed by atoms with E-state index in [2.05, 4.69) is 15.3 Å². The highest BCUT2D eigenvalue weighted by Gasteiger charge is 2.34. The lowest BCUT2D eigenvalue weighted by Crippen LogP contribution is -2.40. The molecule has 124 valence electrons. The maximum absolute atomic E-state index is 12.7. The van der Waals surface area contributed by atoms with Crippen LogP contribution in [0.15, 0.2) is 23.3 Å². The molecule has 1 aromatic rings. The smallest absolute Gasteiger partial charge is 0.421 e. The van der Waals surface area contributed by atoms with Crippen LogP contribution in [0, 0.1) is 0 Å². The molecule has 0 aliphatic carbocycles. The molecule has 0 saturated heterocycles. The van der Waals surface area contributed by atoms with Gasteiger partial charge in [0.25, 0.3) is 0 Å². The molecule has 0 saturated carbocycles. The first-order chi connectivity index (χ1) is 10.3. The second kappa shape index (κ2) is 8.42. The van der Waals surface area contributed by atoms with Gasteiger partial charge in [-0.25, -0.2) is 9.98 Å². The summed E-state index contributed by atoms with van der Waals surface area (Å²) in [7, 11) is 1.56. The third-order valence-corrected chi connectivity index (χ3v) is 2.50. The number of aliphatic imine (C=N–C) groups is 1. The van der Waals surface area contributed by atoms with Crippen LogP contribution in [0.5, 0.6) is 5.88 Å². The number of rotatable bonds is 7. The Hall–Kier alpha value is -2.03. The van der Waals surface area contributed by atoms with Gasteiger partial charge in [-0.2, -0.15) is 13.2 Å². The van der Waals surface area contributed by atoms with Crippen molar-refractivity contribution in [2.45, 2.75) is 19.1 Å². The SMILES string of the molecule is COCC(C)NC(N)=NCCOc1ncccc1C(F)(F)F. The molecule has 1 atom stereocenters. The minimum Gasteiger partial charge on any atom is -0.475 e. The molecule has 9 heteroatoms. The van der Waals surface area contributed by atoms with Gasteiger partial charge in [-0.05, 0) is 19.1 Å². The van der Waals surface area contributed by atoms with E-state index in [1.807, 2.05) is 6.92 Å². The maximum atomic E-state index is 12.7. The van der Waals surface area contributed by atoms with Crippen molar-refractivity contribution in [3.05, 3.63) is 23.9 Å². The Morgan fingerprint density at radius 1 is 1.50 bits per heavy atom.